The minimum atomic E-state index is -0.708. The Balaban J connectivity index is 1.63. The van der Waals surface area contributed by atoms with Crippen LogP contribution in [0.1, 0.15) is 12.0 Å². The predicted octanol–water partition coefficient (Wildman–Crippen LogP) is 1.35. The van der Waals surface area contributed by atoms with Crippen molar-refractivity contribution in [3.63, 3.8) is 0 Å². The Morgan fingerprint density at radius 3 is 2.57 bits per heavy atom. The van der Waals surface area contributed by atoms with Crippen LogP contribution < -0.4 is 10.2 Å². The number of piperazine rings is 1. The van der Waals surface area contributed by atoms with Crippen molar-refractivity contribution < 1.29 is 9.72 Å². The summed E-state index contributed by atoms with van der Waals surface area (Å²) in [6.07, 6.45) is 0.344. The van der Waals surface area contributed by atoms with Crippen molar-refractivity contribution in [2.24, 2.45) is 5.92 Å². The second-order valence-electron chi connectivity index (χ2n) is 6.48. The first kappa shape index (κ1) is 15.7. The van der Waals surface area contributed by atoms with Crippen molar-refractivity contribution >= 4 is 17.3 Å². The average Bonchev–Trinajstić information content (AvgIpc) is 3.29. The molecule has 1 saturated carbocycles. The van der Waals surface area contributed by atoms with Crippen molar-refractivity contribution in [3.05, 3.63) is 33.9 Å². The van der Waals surface area contributed by atoms with Crippen molar-refractivity contribution in [1.82, 2.24) is 4.90 Å². The monoisotopic (exact) mass is 318 g/mol. The van der Waals surface area contributed by atoms with Crippen LogP contribution in [0.5, 0.6) is 0 Å². The maximum absolute atomic E-state index is 12.0. The minimum Gasteiger partial charge on any atom is -0.369 e. The zero-order valence-corrected chi connectivity index (χ0v) is 13.5. The highest BCUT2D eigenvalue weighted by molar-refractivity contribution is 5.95. The summed E-state index contributed by atoms with van der Waals surface area (Å²) in [6, 6.07) is 5.13. The van der Waals surface area contributed by atoms with Gasteiger partial charge >= 0.3 is 0 Å². The molecule has 0 aromatic heterocycles. The van der Waals surface area contributed by atoms with E-state index < -0.39 is 12.0 Å². The first-order chi connectivity index (χ1) is 11.0. The van der Waals surface area contributed by atoms with Crippen LogP contribution in [0.3, 0.4) is 0 Å². The summed E-state index contributed by atoms with van der Waals surface area (Å²) in [5, 5.41) is 13.4. The number of benzene rings is 1. The molecule has 1 aliphatic heterocycles. The molecule has 23 heavy (non-hydrogen) atoms. The van der Waals surface area contributed by atoms with E-state index in [2.05, 4.69) is 22.2 Å². The summed E-state index contributed by atoms with van der Waals surface area (Å²) in [6.45, 7) is 6.11. The molecular formula is C16H22N4O3. The summed E-state index contributed by atoms with van der Waals surface area (Å²) in [4.78, 5) is 26.9. The fraction of sp³-hybridized carbons (Fsp3) is 0.562. The fourth-order valence-electron chi connectivity index (χ4n) is 3.07. The maximum atomic E-state index is 12.0. The zero-order valence-electron chi connectivity index (χ0n) is 13.5. The van der Waals surface area contributed by atoms with Gasteiger partial charge in [0.1, 0.15) is 5.92 Å². The number of aryl methyl sites for hydroxylation is 1. The van der Waals surface area contributed by atoms with Crippen LogP contribution >= 0.6 is 0 Å². The van der Waals surface area contributed by atoms with Gasteiger partial charge < -0.3 is 15.1 Å². The van der Waals surface area contributed by atoms with Gasteiger partial charge in [-0.1, -0.05) is 0 Å². The normalized spacial score (nSPS) is 24.3. The summed E-state index contributed by atoms with van der Waals surface area (Å²) in [5.41, 5.74) is 3.00. The summed E-state index contributed by atoms with van der Waals surface area (Å²) < 4.78 is 0. The van der Waals surface area contributed by atoms with Crippen LogP contribution in [0.4, 0.5) is 11.4 Å². The number of nitrogens with one attached hydrogen (secondary N) is 1. The van der Waals surface area contributed by atoms with Gasteiger partial charge in [0, 0.05) is 48.9 Å². The first-order valence-electron chi connectivity index (χ1n) is 7.94. The number of hydrogen-bond donors (Lipinski definition) is 1. The molecule has 2 unspecified atom stereocenters. The standard InChI is InChI=1S/C16H22N4O3/c1-11-9-12(17-16(21)13-10-15(13)20(22)23)3-4-14(11)19-7-5-18(2)6-8-19/h3-4,9,13,15H,5-8,10H2,1-2H3,(H,17,21). The molecule has 2 aliphatic rings. The maximum Gasteiger partial charge on any atom is 0.234 e. The molecule has 2 fully saturated rings. The van der Waals surface area contributed by atoms with E-state index in [1.165, 1.54) is 5.69 Å². The van der Waals surface area contributed by atoms with E-state index in [-0.39, 0.29) is 10.8 Å². The third-order valence-electron chi connectivity index (χ3n) is 4.67. The Morgan fingerprint density at radius 1 is 1.30 bits per heavy atom. The van der Waals surface area contributed by atoms with Crippen LogP contribution in [-0.2, 0) is 4.79 Å². The molecule has 0 bridgehead atoms. The molecule has 2 atom stereocenters. The number of amides is 1. The van der Waals surface area contributed by atoms with Crippen LogP contribution in [0.25, 0.3) is 0 Å². The molecule has 1 saturated heterocycles. The molecule has 3 rings (SSSR count). The quantitative estimate of drug-likeness (QED) is 0.670. The largest absolute Gasteiger partial charge is 0.369 e. The van der Waals surface area contributed by atoms with Crippen molar-refractivity contribution in [2.45, 2.75) is 19.4 Å². The number of nitro groups is 1. The molecule has 1 heterocycles. The van der Waals surface area contributed by atoms with Gasteiger partial charge in [0.2, 0.25) is 11.9 Å². The van der Waals surface area contributed by atoms with Crippen LogP contribution in [-0.4, -0.2) is 55.0 Å². The molecule has 0 radical (unpaired) electrons. The van der Waals surface area contributed by atoms with Crippen LogP contribution in [0.2, 0.25) is 0 Å². The highest BCUT2D eigenvalue weighted by Crippen LogP contribution is 2.34. The van der Waals surface area contributed by atoms with Gasteiger partial charge in [-0.15, -0.1) is 0 Å². The Hall–Kier alpha value is -2.15. The van der Waals surface area contributed by atoms with Crippen LogP contribution in [0, 0.1) is 23.0 Å². The van der Waals surface area contributed by atoms with E-state index in [0.717, 1.165) is 31.7 Å². The second-order valence-corrected chi connectivity index (χ2v) is 6.48. The van der Waals surface area contributed by atoms with Gasteiger partial charge in [-0.25, -0.2) is 0 Å². The average molecular weight is 318 g/mol. The van der Waals surface area contributed by atoms with Gasteiger partial charge in [0.25, 0.3) is 0 Å². The lowest BCUT2D eigenvalue weighted by Crippen LogP contribution is -2.44. The Kier molecular flexibility index (Phi) is 4.21. The number of hydrogen-bond acceptors (Lipinski definition) is 5. The zero-order chi connectivity index (χ0) is 16.6. The smallest absolute Gasteiger partial charge is 0.234 e. The molecule has 1 aromatic carbocycles. The SMILES string of the molecule is Cc1cc(NC(=O)C2CC2[N+](=O)[O-])ccc1N1CCN(C)CC1. The van der Waals surface area contributed by atoms with Gasteiger partial charge in [0.05, 0.1) is 0 Å². The molecule has 0 spiro atoms. The van der Waals surface area contributed by atoms with Gasteiger partial charge in [-0.2, -0.15) is 0 Å². The Morgan fingerprint density at radius 2 is 2.00 bits per heavy atom. The predicted molar refractivity (Wildman–Crippen MR) is 88.4 cm³/mol. The van der Waals surface area contributed by atoms with E-state index in [1.54, 1.807) is 0 Å². The van der Waals surface area contributed by atoms with Gasteiger partial charge in [-0.05, 0) is 37.7 Å². The second kappa shape index (κ2) is 6.16. The number of likely N-dealkylation sites (N-methyl/N-ethyl adjacent to an activating group) is 1. The molecule has 1 amide bonds. The lowest BCUT2D eigenvalue weighted by atomic mass is 10.1. The van der Waals surface area contributed by atoms with E-state index in [1.807, 2.05) is 25.1 Å². The Bertz CT molecular complexity index is 626. The lowest BCUT2D eigenvalue weighted by Gasteiger charge is -2.35. The summed E-state index contributed by atoms with van der Waals surface area (Å²) in [7, 11) is 2.12. The molecular weight excluding hydrogens is 296 g/mol. The van der Waals surface area contributed by atoms with Crippen LogP contribution in [0.15, 0.2) is 18.2 Å². The van der Waals surface area contributed by atoms with Gasteiger partial charge in [0.15, 0.2) is 0 Å². The molecule has 124 valence electrons. The summed E-state index contributed by atoms with van der Waals surface area (Å²) in [5.74, 6) is -0.735. The van der Waals surface area contributed by atoms with Gasteiger partial charge in [-0.3, -0.25) is 14.9 Å². The number of carbonyl (C=O) groups is 1. The topological polar surface area (TPSA) is 78.7 Å². The first-order valence-corrected chi connectivity index (χ1v) is 7.94. The van der Waals surface area contributed by atoms with E-state index >= 15 is 0 Å². The third kappa shape index (κ3) is 3.44. The highest BCUT2D eigenvalue weighted by Gasteiger charge is 2.53. The molecule has 1 aliphatic carbocycles. The van der Waals surface area contributed by atoms with Crippen molar-refractivity contribution in [1.29, 1.82) is 0 Å². The van der Waals surface area contributed by atoms with Crippen molar-refractivity contribution in [3.8, 4) is 0 Å². The third-order valence-corrected chi connectivity index (χ3v) is 4.67. The van der Waals surface area contributed by atoms with E-state index in [4.69, 9.17) is 0 Å². The molecule has 1 N–H and O–H groups in total. The number of carbonyl (C=O) groups excluding carboxylic acids is 1. The highest BCUT2D eigenvalue weighted by atomic mass is 16.6. The molecule has 7 heteroatoms. The molecule has 7 nitrogen and oxygen atoms in total. The summed E-state index contributed by atoms with van der Waals surface area (Å²) >= 11 is 0. The molecule has 1 aromatic rings. The van der Waals surface area contributed by atoms with E-state index in [0.29, 0.717) is 12.1 Å². The number of anilines is 2. The van der Waals surface area contributed by atoms with Crippen molar-refractivity contribution in [2.75, 3.05) is 43.4 Å². The lowest BCUT2D eigenvalue weighted by molar-refractivity contribution is -0.497. The minimum absolute atomic E-state index is 0.251. The van der Waals surface area contributed by atoms with E-state index in [9.17, 15) is 14.9 Å². The Labute approximate surface area is 135 Å². The number of nitrogens with zero attached hydrogens (tertiary/aromatic N) is 3. The number of rotatable bonds is 4. The fourth-order valence-corrected chi connectivity index (χ4v) is 3.07.